The molecule has 5 aromatic rings. The molecule has 2 aromatic carbocycles. The molecule has 0 unspecified atom stereocenters. The van der Waals surface area contributed by atoms with E-state index in [4.69, 9.17) is 4.98 Å². The summed E-state index contributed by atoms with van der Waals surface area (Å²) < 4.78 is 18.1. The number of fused-ring (bicyclic) bond motifs is 3. The molecule has 3 aromatic heterocycles. The number of halogens is 1. The molecular weight excluding hydrogens is 852 g/mol. The van der Waals surface area contributed by atoms with E-state index in [2.05, 4.69) is 62.2 Å². The molecule has 67 heavy (non-hydrogen) atoms. The first-order chi connectivity index (χ1) is 31.9. The number of hydrogen-bond acceptors (Lipinski definition) is 11. The molecule has 4 aliphatic rings. The van der Waals surface area contributed by atoms with Crippen molar-refractivity contribution in [2.24, 2.45) is 12.5 Å². The van der Waals surface area contributed by atoms with Crippen LogP contribution in [0.4, 0.5) is 38.8 Å². The van der Waals surface area contributed by atoms with E-state index in [1.807, 2.05) is 18.2 Å². The molecule has 352 valence electrons. The highest BCUT2D eigenvalue weighted by Gasteiger charge is 2.38. The number of benzene rings is 2. The quantitative estimate of drug-likeness (QED) is 0.110. The van der Waals surface area contributed by atoms with Gasteiger partial charge in [-0.2, -0.15) is 0 Å². The fourth-order valence-electron chi connectivity index (χ4n) is 10.7. The highest BCUT2D eigenvalue weighted by molar-refractivity contribution is 6.06. The second kappa shape index (κ2) is 17.7. The highest BCUT2D eigenvalue weighted by atomic mass is 19.1. The summed E-state index contributed by atoms with van der Waals surface area (Å²) in [5, 5.41) is 27.5. The van der Waals surface area contributed by atoms with Gasteiger partial charge in [0.25, 0.3) is 11.5 Å². The Kier molecular flexibility index (Phi) is 12.1. The van der Waals surface area contributed by atoms with Gasteiger partial charge in [0.15, 0.2) is 5.82 Å². The summed E-state index contributed by atoms with van der Waals surface area (Å²) in [4.78, 5) is 58.7. The van der Waals surface area contributed by atoms with Gasteiger partial charge in [-0.05, 0) is 112 Å². The summed E-state index contributed by atoms with van der Waals surface area (Å²) >= 11 is 0. The molecule has 3 aliphatic heterocycles. The number of nitrogens with zero attached hydrogens (tertiary/aromatic N) is 8. The normalized spacial score (nSPS) is 18.8. The van der Waals surface area contributed by atoms with E-state index < -0.39 is 18.0 Å². The van der Waals surface area contributed by atoms with E-state index in [0.29, 0.717) is 64.4 Å². The van der Waals surface area contributed by atoms with Crippen LogP contribution in [0.25, 0.3) is 11.3 Å². The zero-order valence-corrected chi connectivity index (χ0v) is 39.3. The molecule has 4 N–H and O–H groups in total. The minimum atomic E-state index is -1.27. The second-order valence-electron chi connectivity index (χ2n) is 19.9. The number of aliphatic hydroxyl groups is 2. The fourth-order valence-corrected chi connectivity index (χ4v) is 10.7. The monoisotopic (exact) mass is 912 g/mol. The van der Waals surface area contributed by atoms with Crippen molar-refractivity contribution in [2.45, 2.75) is 91.1 Å². The molecule has 2 amide bonds. The minimum Gasteiger partial charge on any atom is -0.392 e. The Morgan fingerprint density at radius 1 is 1.01 bits per heavy atom. The summed E-state index contributed by atoms with van der Waals surface area (Å²) in [6.07, 6.45) is 8.16. The fraction of sp³-hybridized carbons (Fsp3) is 0.431. The predicted octanol–water partition coefficient (Wildman–Crippen LogP) is 6.34. The van der Waals surface area contributed by atoms with Crippen molar-refractivity contribution in [1.82, 2.24) is 24.0 Å². The number of aromatic nitrogens is 4. The maximum atomic E-state index is 14.5. The lowest BCUT2D eigenvalue weighted by molar-refractivity contribution is -0.111. The number of pyridine rings is 1. The molecule has 0 bridgehead atoms. The first-order valence-electron chi connectivity index (χ1n) is 23.3. The van der Waals surface area contributed by atoms with Crippen LogP contribution in [0.3, 0.4) is 0 Å². The van der Waals surface area contributed by atoms with Gasteiger partial charge in [0, 0.05) is 111 Å². The van der Waals surface area contributed by atoms with Gasteiger partial charge >= 0.3 is 0 Å². The molecule has 2 saturated heterocycles. The number of amides is 2. The number of piperazine rings is 1. The molecular formula is C51H61FN10O5. The maximum absolute atomic E-state index is 14.5. The first-order valence-corrected chi connectivity index (χ1v) is 23.3. The lowest BCUT2D eigenvalue weighted by Gasteiger charge is -2.47. The molecule has 15 nitrogen and oxygen atoms in total. The number of carbonyl (C=O) groups excluding carboxylic acids is 2. The maximum Gasteiger partial charge on any atom is 0.293 e. The Labute approximate surface area is 390 Å². The lowest BCUT2D eigenvalue weighted by atomic mass is 9.90. The average Bonchev–Trinajstić information content (AvgIpc) is 3.79. The number of aliphatic hydroxyl groups excluding tert-OH is 1. The van der Waals surface area contributed by atoms with E-state index in [9.17, 15) is 29.0 Å². The number of carbonyl (C=O) groups is 2. The summed E-state index contributed by atoms with van der Waals surface area (Å²) in [6.45, 7) is 18.2. The van der Waals surface area contributed by atoms with Gasteiger partial charge in [0.1, 0.15) is 17.3 Å². The molecule has 2 fully saturated rings. The van der Waals surface area contributed by atoms with E-state index in [0.717, 1.165) is 69.8 Å². The van der Waals surface area contributed by atoms with Crippen molar-refractivity contribution >= 4 is 46.2 Å². The van der Waals surface area contributed by atoms with Gasteiger partial charge in [-0.1, -0.05) is 20.4 Å². The van der Waals surface area contributed by atoms with Crippen LogP contribution in [0.5, 0.6) is 0 Å². The molecule has 0 spiro atoms. The van der Waals surface area contributed by atoms with Gasteiger partial charge in [-0.3, -0.25) is 24.2 Å². The zero-order valence-electron chi connectivity index (χ0n) is 39.3. The number of piperidine rings is 1. The molecule has 1 atom stereocenters. The van der Waals surface area contributed by atoms with E-state index >= 15 is 0 Å². The number of anilines is 6. The largest absolute Gasteiger partial charge is 0.392 e. The minimum absolute atomic E-state index is 0.0328. The van der Waals surface area contributed by atoms with Crippen molar-refractivity contribution in [2.75, 3.05) is 64.6 Å². The van der Waals surface area contributed by atoms with Crippen molar-refractivity contribution in [1.29, 1.82) is 0 Å². The van der Waals surface area contributed by atoms with Gasteiger partial charge in [-0.15, -0.1) is 0 Å². The molecule has 16 heteroatoms. The molecule has 1 aliphatic carbocycles. The zero-order chi connectivity index (χ0) is 47.5. The number of nitrogens with one attached hydrogen (secondary N) is 2. The molecule has 6 heterocycles. The highest BCUT2D eigenvalue weighted by Crippen LogP contribution is 2.41. The van der Waals surface area contributed by atoms with Crippen LogP contribution >= 0.6 is 0 Å². The van der Waals surface area contributed by atoms with E-state index in [1.165, 1.54) is 28.0 Å². The van der Waals surface area contributed by atoms with E-state index in [-0.39, 0.29) is 34.6 Å². The van der Waals surface area contributed by atoms with Crippen LogP contribution in [0, 0.1) is 11.2 Å². The van der Waals surface area contributed by atoms with Crippen molar-refractivity contribution in [3.05, 3.63) is 118 Å². The van der Waals surface area contributed by atoms with Gasteiger partial charge in [0.2, 0.25) is 5.91 Å². The van der Waals surface area contributed by atoms with Gasteiger partial charge in [-0.25, -0.2) is 14.4 Å². The van der Waals surface area contributed by atoms with Crippen molar-refractivity contribution < 1.29 is 24.2 Å². The predicted molar refractivity (Wildman–Crippen MR) is 260 cm³/mol. The SMILES string of the molecule is C=CC(=O)Nc1cc(Nc2nc(-c3ccnc(N4CCn5c(cc6c5CC(C)(C)C6)C4=O)c3CO)cn(C)c2=O)ccc1N1CCN(C2CCN(c3ccc(F)c(C(C)(C)O)c3)CC2)C[C@@H]1C. The Bertz CT molecular complexity index is 2820. The Morgan fingerprint density at radius 3 is 2.51 bits per heavy atom. The third-order valence-electron chi connectivity index (χ3n) is 14.0. The van der Waals surface area contributed by atoms with Crippen LogP contribution in [-0.2, 0) is 43.4 Å². The summed E-state index contributed by atoms with van der Waals surface area (Å²) in [7, 11) is 1.63. The standard InChI is InChI=1S/C51H61FN10O5/c1-8-45(64)55-40-24-33(9-12-42(40)60-20-19-59(28-31(60)2)34-14-17-58(18-15-34)35-10-11-39(52)38(25-35)51(5,6)67)54-46-49(66)57(7)29-41(56-46)36-13-16-53-47(37(36)30-63)62-22-21-61-43(48(62)65)23-32-26-50(3,4)27-44(32)61/h8-13,16,23-25,29,31,34,63,67H,1,14-15,17-22,26-28,30H2,2-7H3,(H,54,56)(H,55,64)/t31-/m0/s1. The van der Waals surface area contributed by atoms with Crippen molar-refractivity contribution in [3.63, 3.8) is 0 Å². The lowest BCUT2D eigenvalue weighted by Crippen LogP contribution is -2.57. The Hall–Kier alpha value is -6.36. The van der Waals surface area contributed by atoms with Crippen molar-refractivity contribution in [3.8, 4) is 11.3 Å². The summed E-state index contributed by atoms with van der Waals surface area (Å²) in [6, 6.07) is 14.8. The third kappa shape index (κ3) is 8.85. The molecule has 9 rings (SSSR count). The smallest absolute Gasteiger partial charge is 0.293 e. The van der Waals surface area contributed by atoms with Crippen LogP contribution < -0.4 is 30.9 Å². The Morgan fingerprint density at radius 2 is 1.79 bits per heavy atom. The first kappa shape index (κ1) is 45.8. The molecule has 0 saturated carbocycles. The number of rotatable bonds is 11. The topological polar surface area (TPSA) is 164 Å². The Balaban J connectivity index is 0.916. The van der Waals surface area contributed by atoms with Crippen LogP contribution in [0.15, 0.2) is 78.4 Å². The second-order valence-corrected chi connectivity index (χ2v) is 19.9. The van der Waals surface area contributed by atoms with E-state index in [1.54, 1.807) is 62.5 Å². The van der Waals surface area contributed by atoms with Gasteiger partial charge < -0.3 is 39.8 Å². The average molecular weight is 913 g/mol. The van der Waals surface area contributed by atoms with Crippen LogP contribution in [0.1, 0.15) is 80.3 Å². The number of aryl methyl sites for hydroxylation is 1. The summed E-state index contributed by atoms with van der Waals surface area (Å²) in [5.41, 5.74) is 6.03. The third-order valence-corrected chi connectivity index (χ3v) is 14.0. The molecule has 0 radical (unpaired) electrons. The number of hydrogen-bond donors (Lipinski definition) is 4. The van der Waals surface area contributed by atoms with Crippen LogP contribution in [-0.4, -0.2) is 97.4 Å². The van der Waals surface area contributed by atoms with Crippen LogP contribution in [0.2, 0.25) is 0 Å². The van der Waals surface area contributed by atoms with Gasteiger partial charge in [0.05, 0.1) is 29.3 Å². The summed E-state index contributed by atoms with van der Waals surface area (Å²) in [5.74, 6) is -0.566.